The van der Waals surface area contributed by atoms with Crippen LogP contribution in [0.2, 0.25) is 0 Å². The van der Waals surface area contributed by atoms with Gasteiger partial charge in [0.2, 0.25) is 0 Å². The van der Waals surface area contributed by atoms with Crippen molar-refractivity contribution >= 4 is 9.24 Å². The second kappa shape index (κ2) is 4.55. The molecule has 0 aromatic carbocycles. The Kier molecular flexibility index (Phi) is 4.59. The smallest absolute Gasteiger partial charge is 0.394 e. The molecular formula is C6H14F3N2OP. The molecule has 0 saturated heterocycles. The fraction of sp³-hybridized carbons (Fsp3) is 1.00. The van der Waals surface area contributed by atoms with E-state index in [0.29, 0.717) is 0 Å². The quantitative estimate of drug-likeness (QED) is 0.584. The lowest BCUT2D eigenvalue weighted by atomic mass is 10.0. The average Bonchev–Trinajstić information content (AvgIpc) is 2.02. The van der Waals surface area contributed by atoms with E-state index in [1.165, 1.54) is 0 Å². The molecule has 0 heterocycles. The van der Waals surface area contributed by atoms with E-state index in [1.54, 1.807) is 0 Å². The molecule has 0 aromatic rings. The molecule has 0 aliphatic carbocycles. The minimum atomic E-state index is -4.42. The number of nitrogens with one attached hydrogen (secondary N) is 1. The summed E-state index contributed by atoms with van der Waals surface area (Å²) in [6.45, 7) is -0.00252. The van der Waals surface area contributed by atoms with Crippen LogP contribution in [0.3, 0.4) is 0 Å². The highest BCUT2D eigenvalue weighted by Crippen LogP contribution is 2.30. The third-order valence-corrected chi connectivity index (χ3v) is 2.11. The number of halogens is 3. The van der Waals surface area contributed by atoms with Crippen LogP contribution >= 0.6 is 9.24 Å². The lowest BCUT2D eigenvalue weighted by Gasteiger charge is -2.34. The van der Waals surface area contributed by atoms with Crippen LogP contribution in [0.25, 0.3) is 0 Å². The van der Waals surface area contributed by atoms with Crippen molar-refractivity contribution in [2.75, 3.05) is 13.2 Å². The summed E-state index contributed by atoms with van der Waals surface area (Å²) in [5.41, 5.74) is 2.87. The molecular weight excluding hydrogens is 204 g/mol. The minimum Gasteiger partial charge on any atom is -0.394 e. The second-order valence-corrected chi connectivity index (χ2v) is 3.77. The van der Waals surface area contributed by atoms with Crippen molar-refractivity contribution in [1.82, 2.24) is 5.32 Å². The van der Waals surface area contributed by atoms with Gasteiger partial charge in [-0.15, -0.1) is 9.24 Å². The topological polar surface area (TPSA) is 58.3 Å². The number of hydrogen-bond acceptors (Lipinski definition) is 3. The van der Waals surface area contributed by atoms with Gasteiger partial charge in [-0.05, 0) is 6.92 Å². The Balaban J connectivity index is 4.46. The molecule has 0 aromatic heterocycles. The molecule has 0 bridgehead atoms. The first-order chi connectivity index (χ1) is 5.77. The largest absolute Gasteiger partial charge is 0.407 e. The standard InChI is InChI=1S/C6H14F3N2OP/c1-5(3-10,6(7,8)9)11-4(13)2-12/h4,11-12H,2-3,10,13H2,1H3. The zero-order valence-electron chi connectivity index (χ0n) is 7.23. The van der Waals surface area contributed by atoms with E-state index in [-0.39, 0.29) is 0 Å². The van der Waals surface area contributed by atoms with Crippen molar-refractivity contribution in [3.63, 3.8) is 0 Å². The highest BCUT2D eigenvalue weighted by Gasteiger charge is 2.50. The molecule has 3 nitrogen and oxygen atoms in total. The molecule has 0 spiro atoms. The van der Waals surface area contributed by atoms with Gasteiger partial charge in [0.05, 0.1) is 6.61 Å². The molecule has 7 heteroatoms. The summed E-state index contributed by atoms with van der Waals surface area (Å²) in [5.74, 6) is -0.713. The van der Waals surface area contributed by atoms with E-state index in [2.05, 4.69) is 14.6 Å². The zero-order chi connectivity index (χ0) is 10.7. The monoisotopic (exact) mass is 218 g/mol. The molecule has 4 N–H and O–H groups in total. The van der Waals surface area contributed by atoms with Crippen molar-refractivity contribution in [2.45, 2.75) is 24.4 Å². The van der Waals surface area contributed by atoms with Gasteiger partial charge in [0, 0.05) is 12.3 Å². The summed E-state index contributed by atoms with van der Waals surface area (Å²) in [5, 5.41) is 10.8. The predicted octanol–water partition coefficient (Wildman–Crippen LogP) is 0.0492. The number of rotatable bonds is 4. The summed E-state index contributed by atoms with van der Waals surface area (Å²) >= 11 is 0. The van der Waals surface area contributed by atoms with Crippen molar-refractivity contribution in [3.05, 3.63) is 0 Å². The fourth-order valence-electron chi connectivity index (χ4n) is 0.711. The first kappa shape index (κ1) is 13.1. The molecule has 0 aliphatic rings. The van der Waals surface area contributed by atoms with Crippen molar-refractivity contribution < 1.29 is 18.3 Å². The van der Waals surface area contributed by atoms with Crippen LogP contribution in [0.4, 0.5) is 13.2 Å². The van der Waals surface area contributed by atoms with Crippen molar-refractivity contribution in [1.29, 1.82) is 0 Å². The zero-order valence-corrected chi connectivity index (χ0v) is 8.38. The Morgan fingerprint density at radius 2 is 2.00 bits per heavy atom. The normalized spacial score (nSPS) is 19.6. The Bertz CT molecular complexity index is 166. The number of alkyl halides is 3. The van der Waals surface area contributed by atoms with Gasteiger partial charge in [0.25, 0.3) is 0 Å². The number of aliphatic hydroxyl groups is 1. The maximum absolute atomic E-state index is 12.4. The molecule has 0 fully saturated rings. The maximum Gasteiger partial charge on any atom is 0.407 e. The average molecular weight is 218 g/mol. The van der Waals surface area contributed by atoms with Gasteiger partial charge >= 0.3 is 6.18 Å². The summed E-state index contributed by atoms with van der Waals surface area (Å²) < 4.78 is 37.1. The van der Waals surface area contributed by atoms with Crippen LogP contribution in [-0.2, 0) is 0 Å². The van der Waals surface area contributed by atoms with Crippen LogP contribution in [0, 0.1) is 0 Å². The van der Waals surface area contributed by atoms with Gasteiger partial charge in [-0.25, -0.2) is 0 Å². The summed E-state index contributed by atoms with van der Waals surface area (Å²) in [6.07, 6.45) is -4.42. The third-order valence-electron chi connectivity index (χ3n) is 1.73. The Morgan fingerprint density at radius 3 is 2.23 bits per heavy atom. The molecule has 3 unspecified atom stereocenters. The number of nitrogens with two attached hydrogens (primary N) is 1. The van der Waals surface area contributed by atoms with Crippen LogP contribution in [0.15, 0.2) is 0 Å². The Labute approximate surface area is 77.1 Å². The van der Waals surface area contributed by atoms with Crippen LogP contribution in [-0.4, -0.2) is 35.8 Å². The summed E-state index contributed by atoms with van der Waals surface area (Å²) in [6, 6.07) is 0. The molecule has 80 valence electrons. The predicted molar refractivity (Wildman–Crippen MR) is 47.2 cm³/mol. The molecule has 3 atom stereocenters. The molecule has 0 radical (unpaired) electrons. The molecule has 0 amide bonds. The van der Waals surface area contributed by atoms with Crippen LogP contribution in [0.1, 0.15) is 6.92 Å². The first-order valence-electron chi connectivity index (χ1n) is 3.68. The van der Waals surface area contributed by atoms with E-state index in [9.17, 15) is 13.2 Å². The molecule has 13 heavy (non-hydrogen) atoms. The van der Waals surface area contributed by atoms with E-state index >= 15 is 0 Å². The molecule has 0 saturated carbocycles. The van der Waals surface area contributed by atoms with E-state index in [1.807, 2.05) is 0 Å². The summed E-state index contributed by atoms with van der Waals surface area (Å²) in [4.78, 5) is 0. The maximum atomic E-state index is 12.4. The van der Waals surface area contributed by atoms with Gasteiger partial charge in [0.15, 0.2) is 0 Å². The minimum absolute atomic E-state index is 0.393. The lowest BCUT2D eigenvalue weighted by Crippen LogP contribution is -2.61. The fourth-order valence-corrected chi connectivity index (χ4v) is 1.08. The SMILES string of the molecule is CC(CN)(NC(P)CO)C(F)(F)F. The third kappa shape index (κ3) is 3.38. The van der Waals surface area contributed by atoms with Crippen LogP contribution < -0.4 is 11.1 Å². The molecule has 0 rings (SSSR count). The van der Waals surface area contributed by atoms with Gasteiger partial charge in [-0.1, -0.05) is 0 Å². The van der Waals surface area contributed by atoms with E-state index in [0.717, 1.165) is 6.92 Å². The summed E-state index contributed by atoms with van der Waals surface area (Å²) in [7, 11) is 2.07. The number of hydrogen-bond donors (Lipinski definition) is 3. The van der Waals surface area contributed by atoms with Gasteiger partial charge in [-0.2, -0.15) is 13.2 Å². The van der Waals surface area contributed by atoms with Gasteiger partial charge in [0.1, 0.15) is 5.54 Å². The number of aliphatic hydroxyl groups excluding tert-OH is 1. The second-order valence-electron chi connectivity index (χ2n) is 2.97. The van der Waals surface area contributed by atoms with Gasteiger partial charge < -0.3 is 10.8 Å². The Morgan fingerprint density at radius 1 is 1.54 bits per heavy atom. The van der Waals surface area contributed by atoms with E-state index < -0.39 is 30.6 Å². The van der Waals surface area contributed by atoms with Crippen molar-refractivity contribution in [3.8, 4) is 0 Å². The first-order valence-corrected chi connectivity index (χ1v) is 4.34. The van der Waals surface area contributed by atoms with Crippen molar-refractivity contribution in [2.24, 2.45) is 5.73 Å². The van der Waals surface area contributed by atoms with Crippen LogP contribution in [0.5, 0.6) is 0 Å². The van der Waals surface area contributed by atoms with Gasteiger partial charge in [-0.3, -0.25) is 5.32 Å². The lowest BCUT2D eigenvalue weighted by molar-refractivity contribution is -0.189. The molecule has 0 aliphatic heterocycles. The highest BCUT2D eigenvalue weighted by molar-refractivity contribution is 7.17. The highest BCUT2D eigenvalue weighted by atomic mass is 31.0. The van der Waals surface area contributed by atoms with E-state index in [4.69, 9.17) is 10.8 Å². The Hall–Kier alpha value is 0.100.